The van der Waals surface area contributed by atoms with Gasteiger partial charge in [-0.3, -0.25) is 4.68 Å². The summed E-state index contributed by atoms with van der Waals surface area (Å²) in [7, 11) is 1.88. The molecule has 2 heterocycles. The third-order valence-electron chi connectivity index (χ3n) is 5.18. The van der Waals surface area contributed by atoms with E-state index in [1.54, 1.807) is 10.8 Å². The van der Waals surface area contributed by atoms with Gasteiger partial charge in [-0.25, -0.2) is 9.48 Å². The first-order valence-electron chi connectivity index (χ1n) is 10.1. The average Bonchev–Trinajstić information content (AvgIpc) is 3.33. The smallest absolute Gasteiger partial charge is 0.331 e. The SMILES string of the molecule is Cc1nn(C)c(C)c1/C=C/C(=O)OCc1cn(-c2ccccc2)nc1-c1ccccc1. The summed E-state index contributed by atoms with van der Waals surface area (Å²) >= 11 is 0. The number of nitrogens with zero attached hydrogens (tertiary/aromatic N) is 4. The second kappa shape index (κ2) is 8.83. The Hall–Kier alpha value is -3.93. The molecule has 0 aliphatic carbocycles. The molecule has 2 aromatic carbocycles. The highest BCUT2D eigenvalue weighted by atomic mass is 16.5. The van der Waals surface area contributed by atoms with E-state index in [-0.39, 0.29) is 6.61 Å². The predicted molar refractivity (Wildman–Crippen MR) is 121 cm³/mol. The molecule has 0 aliphatic heterocycles. The van der Waals surface area contributed by atoms with Crippen LogP contribution in [0.4, 0.5) is 0 Å². The normalized spacial score (nSPS) is 11.2. The first-order chi connectivity index (χ1) is 15.0. The van der Waals surface area contributed by atoms with Crippen molar-refractivity contribution in [1.29, 1.82) is 0 Å². The van der Waals surface area contributed by atoms with Crippen LogP contribution in [0.5, 0.6) is 0 Å². The number of aromatic nitrogens is 4. The number of carbonyl (C=O) groups is 1. The molecule has 0 spiro atoms. The van der Waals surface area contributed by atoms with Crippen LogP contribution in [0.3, 0.4) is 0 Å². The third-order valence-corrected chi connectivity index (χ3v) is 5.18. The molecular formula is C25H24N4O2. The van der Waals surface area contributed by atoms with E-state index in [1.807, 2.05) is 92.4 Å². The van der Waals surface area contributed by atoms with Gasteiger partial charge in [-0.05, 0) is 32.1 Å². The van der Waals surface area contributed by atoms with Crippen LogP contribution < -0.4 is 0 Å². The highest BCUT2D eigenvalue weighted by Gasteiger charge is 2.14. The number of hydrogen-bond donors (Lipinski definition) is 0. The average molecular weight is 412 g/mol. The quantitative estimate of drug-likeness (QED) is 0.342. The molecule has 6 nitrogen and oxygen atoms in total. The first kappa shape index (κ1) is 20.3. The monoisotopic (exact) mass is 412 g/mol. The largest absolute Gasteiger partial charge is 0.458 e. The third kappa shape index (κ3) is 4.48. The Balaban J connectivity index is 1.55. The molecule has 4 rings (SSSR count). The van der Waals surface area contributed by atoms with Gasteiger partial charge in [0, 0.05) is 41.7 Å². The molecule has 6 heteroatoms. The Morgan fingerprint density at radius 2 is 1.68 bits per heavy atom. The van der Waals surface area contributed by atoms with Gasteiger partial charge in [0.25, 0.3) is 0 Å². The van der Waals surface area contributed by atoms with Crippen LogP contribution in [0.1, 0.15) is 22.5 Å². The maximum atomic E-state index is 12.4. The van der Waals surface area contributed by atoms with Crippen molar-refractivity contribution in [3.63, 3.8) is 0 Å². The lowest BCUT2D eigenvalue weighted by molar-refractivity contribution is -0.138. The minimum absolute atomic E-state index is 0.130. The Bertz CT molecular complexity index is 1220. The molecule has 0 radical (unpaired) electrons. The standard InChI is InChI=1S/C25H24N4O2/c1-18-23(19(2)28(3)26-18)14-15-24(30)31-17-21-16-29(22-12-8-5-9-13-22)27-25(21)20-10-6-4-7-11-20/h4-16H,17H2,1-3H3/b15-14+. The number of hydrogen-bond acceptors (Lipinski definition) is 4. The Labute approximate surface area is 181 Å². The maximum Gasteiger partial charge on any atom is 0.331 e. The van der Waals surface area contributed by atoms with Crippen molar-refractivity contribution < 1.29 is 9.53 Å². The van der Waals surface area contributed by atoms with Crippen LogP contribution in [-0.2, 0) is 23.2 Å². The Morgan fingerprint density at radius 1 is 1.00 bits per heavy atom. The molecule has 0 aliphatic rings. The molecule has 0 amide bonds. The van der Waals surface area contributed by atoms with Gasteiger partial charge >= 0.3 is 5.97 Å². The van der Waals surface area contributed by atoms with Gasteiger partial charge in [-0.2, -0.15) is 10.2 Å². The summed E-state index contributed by atoms with van der Waals surface area (Å²) in [4.78, 5) is 12.4. The van der Waals surface area contributed by atoms with Crippen LogP contribution in [0.15, 0.2) is 72.9 Å². The molecule has 0 bridgehead atoms. The molecule has 4 aromatic rings. The van der Waals surface area contributed by atoms with E-state index >= 15 is 0 Å². The fraction of sp³-hybridized carbons (Fsp3) is 0.160. The van der Waals surface area contributed by atoms with Crippen molar-refractivity contribution in [2.75, 3.05) is 0 Å². The summed E-state index contributed by atoms with van der Waals surface area (Å²) in [6.07, 6.45) is 5.11. The highest BCUT2D eigenvalue weighted by Crippen LogP contribution is 2.24. The number of aryl methyl sites for hydroxylation is 2. The van der Waals surface area contributed by atoms with Gasteiger partial charge in [0.1, 0.15) is 6.61 Å². The van der Waals surface area contributed by atoms with Crippen LogP contribution in [-0.4, -0.2) is 25.5 Å². The first-order valence-corrected chi connectivity index (χ1v) is 10.1. The second-order valence-electron chi connectivity index (χ2n) is 7.30. The zero-order valence-electron chi connectivity index (χ0n) is 17.8. The highest BCUT2D eigenvalue weighted by molar-refractivity contribution is 5.87. The van der Waals surface area contributed by atoms with Gasteiger partial charge in [0.05, 0.1) is 17.1 Å². The minimum atomic E-state index is -0.408. The van der Waals surface area contributed by atoms with Crippen molar-refractivity contribution in [3.05, 3.63) is 95.5 Å². The van der Waals surface area contributed by atoms with Crippen LogP contribution >= 0.6 is 0 Å². The van der Waals surface area contributed by atoms with Crippen molar-refractivity contribution in [2.24, 2.45) is 7.05 Å². The zero-order valence-corrected chi connectivity index (χ0v) is 17.8. The zero-order chi connectivity index (χ0) is 21.8. The van der Waals surface area contributed by atoms with Crippen molar-refractivity contribution in [2.45, 2.75) is 20.5 Å². The van der Waals surface area contributed by atoms with Crippen LogP contribution in [0.2, 0.25) is 0 Å². The lowest BCUT2D eigenvalue weighted by Gasteiger charge is -2.03. The Kier molecular flexibility index (Phi) is 5.80. The van der Waals surface area contributed by atoms with Crippen LogP contribution in [0.25, 0.3) is 23.0 Å². The summed E-state index contributed by atoms with van der Waals surface area (Å²) in [5.41, 5.74) is 6.35. The summed E-state index contributed by atoms with van der Waals surface area (Å²) in [6.45, 7) is 4.02. The number of para-hydroxylation sites is 1. The molecule has 156 valence electrons. The number of ether oxygens (including phenoxy) is 1. The summed E-state index contributed by atoms with van der Waals surface area (Å²) < 4.78 is 9.15. The van der Waals surface area contributed by atoms with E-state index in [9.17, 15) is 4.79 Å². The fourth-order valence-corrected chi connectivity index (χ4v) is 3.45. The maximum absolute atomic E-state index is 12.4. The molecule has 0 unspecified atom stereocenters. The molecule has 0 atom stereocenters. The van der Waals surface area contributed by atoms with Gasteiger partial charge in [0.2, 0.25) is 0 Å². The summed E-state index contributed by atoms with van der Waals surface area (Å²) in [6, 6.07) is 19.8. The van der Waals surface area contributed by atoms with E-state index in [2.05, 4.69) is 5.10 Å². The van der Waals surface area contributed by atoms with E-state index in [1.165, 1.54) is 6.08 Å². The molecule has 0 saturated heterocycles. The number of carbonyl (C=O) groups excluding carboxylic acids is 1. The van der Waals surface area contributed by atoms with Crippen LogP contribution in [0, 0.1) is 13.8 Å². The Morgan fingerprint density at radius 3 is 2.32 bits per heavy atom. The fourth-order valence-electron chi connectivity index (χ4n) is 3.45. The van der Waals surface area contributed by atoms with Crippen molar-refractivity contribution in [1.82, 2.24) is 19.6 Å². The lowest BCUT2D eigenvalue weighted by Crippen LogP contribution is -2.01. The number of rotatable bonds is 6. The lowest BCUT2D eigenvalue weighted by atomic mass is 10.1. The van der Waals surface area contributed by atoms with Crippen molar-refractivity contribution >= 4 is 12.0 Å². The summed E-state index contributed by atoms with van der Waals surface area (Å²) in [5, 5.41) is 9.11. The topological polar surface area (TPSA) is 61.9 Å². The molecule has 31 heavy (non-hydrogen) atoms. The van der Waals surface area contributed by atoms with E-state index in [0.717, 1.165) is 39.5 Å². The van der Waals surface area contributed by atoms with Gasteiger partial charge in [-0.1, -0.05) is 48.5 Å². The molecule has 0 saturated carbocycles. The predicted octanol–water partition coefficient (Wildman–Crippen LogP) is 4.65. The molecular weight excluding hydrogens is 388 g/mol. The second-order valence-corrected chi connectivity index (χ2v) is 7.30. The van der Waals surface area contributed by atoms with Crippen molar-refractivity contribution in [3.8, 4) is 16.9 Å². The number of benzene rings is 2. The molecule has 2 aromatic heterocycles. The summed E-state index contributed by atoms with van der Waals surface area (Å²) in [5.74, 6) is -0.408. The van der Waals surface area contributed by atoms with E-state index < -0.39 is 5.97 Å². The minimum Gasteiger partial charge on any atom is -0.458 e. The van der Waals surface area contributed by atoms with Gasteiger partial charge in [0.15, 0.2) is 0 Å². The van der Waals surface area contributed by atoms with E-state index in [4.69, 9.17) is 9.84 Å². The molecule has 0 fully saturated rings. The molecule has 0 N–H and O–H groups in total. The number of esters is 1. The van der Waals surface area contributed by atoms with Gasteiger partial charge < -0.3 is 4.74 Å². The van der Waals surface area contributed by atoms with E-state index in [0.29, 0.717) is 0 Å². The van der Waals surface area contributed by atoms with Gasteiger partial charge in [-0.15, -0.1) is 0 Å².